The molecule has 0 aliphatic carbocycles. The summed E-state index contributed by atoms with van der Waals surface area (Å²) in [5.74, 6) is 0. The zero-order chi connectivity index (χ0) is 11.6. The van der Waals surface area contributed by atoms with E-state index in [0.29, 0.717) is 4.59 Å². The normalized spacial score (nSPS) is 15.3. The number of hydrogen-bond acceptors (Lipinski definition) is 1. The largest absolute Gasteiger partial charge is 1.00 e. The quantitative estimate of drug-likeness (QED) is 0.564. The van der Waals surface area contributed by atoms with Gasteiger partial charge in [-0.25, -0.2) is 0 Å². The molecule has 0 N–H and O–H groups in total. The van der Waals surface area contributed by atoms with E-state index < -0.39 is 0 Å². The van der Waals surface area contributed by atoms with Gasteiger partial charge in [-0.1, -0.05) is 41.5 Å². The molecular formula is C15H13IN2. The first-order valence-corrected chi connectivity index (χ1v) is 5.65. The molecule has 0 unspecified atom stereocenters. The topological polar surface area (TPSA) is 12.4 Å². The van der Waals surface area contributed by atoms with Crippen LogP contribution in [0.2, 0.25) is 0 Å². The van der Waals surface area contributed by atoms with Crippen LogP contribution >= 0.6 is 0 Å². The summed E-state index contributed by atoms with van der Waals surface area (Å²) in [5.41, 5.74) is 2.28. The van der Waals surface area contributed by atoms with Crippen LogP contribution in [-0.4, -0.2) is 6.21 Å². The fourth-order valence-electron chi connectivity index (χ4n) is 2.11. The average molecular weight is 348 g/mol. The van der Waals surface area contributed by atoms with Crippen LogP contribution in [0.4, 0.5) is 11.4 Å². The Kier molecular flexibility index (Phi) is 3.93. The maximum atomic E-state index is 4.61. The summed E-state index contributed by atoms with van der Waals surface area (Å²) in [6.45, 7) is 0. The maximum Gasteiger partial charge on any atom is 0.169 e. The number of halogens is 1. The summed E-state index contributed by atoms with van der Waals surface area (Å²) in [7, 11) is 0. The number of hydrogen-bond donors (Lipinski definition) is 0. The molecule has 2 aromatic carbocycles. The molecule has 0 bridgehead atoms. The summed E-state index contributed by atoms with van der Waals surface area (Å²) in [6.07, 6.45) is 5.92. The Labute approximate surface area is 124 Å². The van der Waals surface area contributed by atoms with Gasteiger partial charge in [-0.2, -0.15) is 0 Å². The van der Waals surface area contributed by atoms with Crippen molar-refractivity contribution in [3.8, 4) is 0 Å². The van der Waals surface area contributed by atoms with Crippen molar-refractivity contribution in [2.75, 3.05) is 0 Å². The lowest BCUT2D eigenvalue weighted by Crippen LogP contribution is -3.00. The van der Waals surface area contributed by atoms with Crippen LogP contribution in [0.1, 0.15) is 0 Å². The number of benzene rings is 2. The molecular weight excluding hydrogens is 335 g/mol. The Balaban J connectivity index is 0.00000120. The highest BCUT2D eigenvalue weighted by Crippen LogP contribution is 2.37. The molecule has 1 heterocycles. The lowest BCUT2D eigenvalue weighted by atomic mass is 10.2. The van der Waals surface area contributed by atoms with Crippen LogP contribution in [0.5, 0.6) is 0 Å². The van der Waals surface area contributed by atoms with Crippen LogP contribution in [-0.2, 0) is 0 Å². The lowest BCUT2D eigenvalue weighted by molar-refractivity contribution is -0.00000329. The molecule has 0 saturated heterocycles. The summed E-state index contributed by atoms with van der Waals surface area (Å²) < 4.78 is 0.418. The van der Waals surface area contributed by atoms with Crippen LogP contribution < -0.4 is 28.6 Å². The minimum Gasteiger partial charge on any atom is -1.00 e. The number of para-hydroxylation sites is 2. The second-order valence-corrected chi connectivity index (χ2v) is 3.96. The van der Waals surface area contributed by atoms with Crippen molar-refractivity contribution in [2.24, 2.45) is 5.10 Å². The number of allylic oxidation sites excluding steroid dienone is 1. The molecule has 0 spiro atoms. The van der Waals surface area contributed by atoms with Gasteiger partial charge < -0.3 is 24.0 Å². The predicted molar refractivity (Wildman–Crippen MR) is 72.0 cm³/mol. The third-order valence-corrected chi connectivity index (χ3v) is 2.94. The Morgan fingerprint density at radius 1 is 0.722 bits per heavy atom. The van der Waals surface area contributed by atoms with Gasteiger partial charge in [0.2, 0.25) is 0 Å². The monoisotopic (exact) mass is 348 g/mol. The minimum atomic E-state index is 0. The Morgan fingerprint density at radius 3 is 1.61 bits per heavy atom. The van der Waals surface area contributed by atoms with Crippen molar-refractivity contribution in [2.45, 2.75) is 0 Å². The third-order valence-electron chi connectivity index (χ3n) is 2.94. The van der Waals surface area contributed by atoms with Crippen molar-refractivity contribution in [1.29, 1.82) is 0 Å². The molecule has 3 heteroatoms. The van der Waals surface area contributed by atoms with Crippen LogP contribution in [0, 0.1) is 0 Å². The first kappa shape index (κ1) is 13.0. The molecule has 0 amide bonds. The van der Waals surface area contributed by atoms with E-state index in [9.17, 15) is 0 Å². The highest BCUT2D eigenvalue weighted by atomic mass is 127. The first-order valence-electron chi connectivity index (χ1n) is 5.65. The van der Waals surface area contributed by atoms with Gasteiger partial charge >= 0.3 is 0 Å². The zero-order valence-corrected chi connectivity index (χ0v) is 11.9. The highest BCUT2D eigenvalue weighted by Gasteiger charge is 2.33. The summed E-state index contributed by atoms with van der Waals surface area (Å²) in [5, 5.41) is 4.61. The SMILES string of the molecule is C1=C[N+](c2ccccc2)(c2ccccc2)N=C1.[I-]. The van der Waals surface area contributed by atoms with Crippen LogP contribution in [0.15, 0.2) is 78.0 Å². The van der Waals surface area contributed by atoms with Gasteiger partial charge in [0.05, 0.1) is 6.21 Å². The highest BCUT2D eigenvalue weighted by molar-refractivity contribution is 5.78. The number of rotatable bonds is 2. The van der Waals surface area contributed by atoms with Crippen molar-refractivity contribution < 1.29 is 24.0 Å². The van der Waals surface area contributed by atoms with Gasteiger partial charge in [0, 0.05) is 30.3 Å². The smallest absolute Gasteiger partial charge is 0.169 e. The molecule has 0 aromatic heterocycles. The molecule has 2 nitrogen and oxygen atoms in total. The van der Waals surface area contributed by atoms with E-state index in [1.54, 1.807) is 0 Å². The lowest BCUT2D eigenvalue weighted by Gasteiger charge is -2.24. The standard InChI is InChI=1S/C15H13N2.HI/c1-3-8-14(9-4-1)17(13-7-12-16-17)15-10-5-2-6-11-15;/h1-13H;1H/q+1;/p-1. The van der Waals surface area contributed by atoms with E-state index in [2.05, 4.69) is 35.6 Å². The van der Waals surface area contributed by atoms with E-state index in [1.807, 2.05) is 48.7 Å². The summed E-state index contributed by atoms with van der Waals surface area (Å²) >= 11 is 0. The maximum absolute atomic E-state index is 4.61. The fourth-order valence-corrected chi connectivity index (χ4v) is 2.11. The second kappa shape index (κ2) is 5.46. The minimum absolute atomic E-state index is 0. The van der Waals surface area contributed by atoms with Gasteiger partial charge in [-0.3, -0.25) is 0 Å². The molecule has 90 valence electrons. The molecule has 18 heavy (non-hydrogen) atoms. The Bertz CT molecular complexity index is 508. The van der Waals surface area contributed by atoms with E-state index in [0.717, 1.165) is 11.4 Å². The van der Waals surface area contributed by atoms with Crippen LogP contribution in [0.3, 0.4) is 0 Å². The van der Waals surface area contributed by atoms with Gasteiger partial charge in [0.15, 0.2) is 11.4 Å². The van der Waals surface area contributed by atoms with Crippen molar-refractivity contribution in [1.82, 2.24) is 4.59 Å². The van der Waals surface area contributed by atoms with E-state index in [4.69, 9.17) is 0 Å². The van der Waals surface area contributed by atoms with Gasteiger partial charge in [-0.05, 0) is 0 Å². The van der Waals surface area contributed by atoms with E-state index in [1.165, 1.54) is 0 Å². The Hall–Kier alpha value is -1.46. The molecule has 1 aliphatic heterocycles. The third kappa shape index (κ3) is 2.11. The summed E-state index contributed by atoms with van der Waals surface area (Å²) in [4.78, 5) is 0. The summed E-state index contributed by atoms with van der Waals surface area (Å²) in [6, 6.07) is 20.6. The number of quaternary nitrogens is 1. The van der Waals surface area contributed by atoms with Crippen molar-refractivity contribution in [3.63, 3.8) is 0 Å². The van der Waals surface area contributed by atoms with E-state index >= 15 is 0 Å². The van der Waals surface area contributed by atoms with Crippen molar-refractivity contribution >= 4 is 17.6 Å². The van der Waals surface area contributed by atoms with Gasteiger partial charge in [0.1, 0.15) is 6.20 Å². The fraction of sp³-hybridized carbons (Fsp3) is 0. The number of nitrogens with zero attached hydrogens (tertiary/aromatic N) is 2. The van der Waals surface area contributed by atoms with E-state index in [-0.39, 0.29) is 24.0 Å². The predicted octanol–water partition coefficient (Wildman–Crippen LogP) is 0.843. The Morgan fingerprint density at radius 2 is 1.22 bits per heavy atom. The van der Waals surface area contributed by atoms with Gasteiger partial charge in [-0.15, -0.1) is 4.59 Å². The van der Waals surface area contributed by atoms with Crippen LogP contribution in [0.25, 0.3) is 0 Å². The average Bonchev–Trinajstić information content (AvgIpc) is 2.91. The molecule has 0 radical (unpaired) electrons. The second-order valence-electron chi connectivity index (χ2n) is 3.96. The molecule has 2 aromatic rings. The molecule has 0 fully saturated rings. The zero-order valence-electron chi connectivity index (χ0n) is 9.78. The van der Waals surface area contributed by atoms with Crippen molar-refractivity contribution in [3.05, 3.63) is 72.9 Å². The first-order chi connectivity index (χ1) is 8.42. The molecule has 3 rings (SSSR count). The molecule has 1 aliphatic rings. The molecule has 0 atom stereocenters. The molecule has 0 saturated carbocycles. The van der Waals surface area contributed by atoms with Gasteiger partial charge in [0.25, 0.3) is 0 Å².